The first-order valence-electron chi connectivity index (χ1n) is 4.48. The third-order valence-corrected chi connectivity index (χ3v) is 2.68. The van der Waals surface area contributed by atoms with Gasteiger partial charge in [-0.2, -0.15) is 0 Å². The minimum absolute atomic E-state index is 0.0275. The highest BCUT2D eigenvalue weighted by Gasteiger charge is 2.32. The Morgan fingerprint density at radius 2 is 2.07 bits per heavy atom. The normalized spacial score (nSPS) is 26.4. The molecule has 1 rings (SSSR count). The highest BCUT2D eigenvalue weighted by atomic mass is 32.2. The van der Waals surface area contributed by atoms with Crippen molar-refractivity contribution in [1.29, 1.82) is 0 Å². The van der Waals surface area contributed by atoms with Crippen LogP contribution in [-0.2, 0) is 19.6 Å². The van der Waals surface area contributed by atoms with Crippen molar-refractivity contribution in [2.45, 2.75) is 25.9 Å². The van der Waals surface area contributed by atoms with Crippen LogP contribution in [0.15, 0.2) is 0 Å². The fourth-order valence-corrected chi connectivity index (χ4v) is 1.82. The molecule has 86 valence electrons. The smallest absolute Gasteiger partial charge is 0.421 e. The molecule has 0 heterocycles. The number of amides is 1. The summed E-state index contributed by atoms with van der Waals surface area (Å²) < 4.78 is 27.9. The zero-order chi connectivity index (χ0) is 11.6. The quantitative estimate of drug-likeness (QED) is 0.729. The molecule has 15 heavy (non-hydrogen) atoms. The van der Waals surface area contributed by atoms with Crippen LogP contribution in [0.2, 0.25) is 0 Å². The van der Waals surface area contributed by atoms with Crippen molar-refractivity contribution in [2.24, 2.45) is 5.92 Å². The average Bonchev–Trinajstić information content (AvgIpc) is 2.25. The van der Waals surface area contributed by atoms with E-state index in [0.29, 0.717) is 6.42 Å². The lowest BCUT2D eigenvalue weighted by atomic mass is 10.1. The minimum Gasteiger partial charge on any atom is -0.445 e. The Bertz CT molecular complexity index is 374. The first-order valence-corrected chi connectivity index (χ1v) is 6.37. The highest BCUT2D eigenvalue weighted by Crippen LogP contribution is 2.24. The summed E-state index contributed by atoms with van der Waals surface area (Å²) in [5.74, 6) is -0.0255. The van der Waals surface area contributed by atoms with Crippen LogP contribution in [0.5, 0.6) is 0 Å². The molecule has 1 N–H and O–H groups in total. The molecule has 0 bridgehead atoms. The summed E-state index contributed by atoms with van der Waals surface area (Å²) in [5, 5.41) is 0. The van der Waals surface area contributed by atoms with Gasteiger partial charge in [-0.05, 0) is 0 Å². The van der Waals surface area contributed by atoms with Gasteiger partial charge in [-0.25, -0.2) is 17.9 Å². The fourth-order valence-electron chi connectivity index (χ4n) is 1.47. The Labute approximate surface area is 88.0 Å². The molecule has 1 saturated carbocycles. The van der Waals surface area contributed by atoms with E-state index in [-0.39, 0.29) is 18.1 Å². The minimum atomic E-state index is -3.61. The summed E-state index contributed by atoms with van der Waals surface area (Å²) in [6, 6.07) is 0. The number of ether oxygens (including phenoxy) is 1. The summed E-state index contributed by atoms with van der Waals surface area (Å²) in [7, 11) is -3.61. The van der Waals surface area contributed by atoms with E-state index in [4.69, 9.17) is 4.74 Å². The molecule has 1 aliphatic carbocycles. The Balaban J connectivity index is 2.49. The molecule has 0 aromatic rings. The van der Waals surface area contributed by atoms with E-state index >= 15 is 0 Å². The zero-order valence-electron chi connectivity index (χ0n) is 8.52. The van der Waals surface area contributed by atoms with Crippen LogP contribution in [0.1, 0.15) is 19.8 Å². The number of rotatable bonds is 2. The van der Waals surface area contributed by atoms with E-state index in [1.165, 1.54) is 0 Å². The Kier molecular flexibility index (Phi) is 3.33. The van der Waals surface area contributed by atoms with Crippen LogP contribution in [0.3, 0.4) is 0 Å². The third kappa shape index (κ3) is 3.86. The number of nitrogens with one attached hydrogen (secondary N) is 1. The van der Waals surface area contributed by atoms with Gasteiger partial charge in [-0.1, -0.05) is 6.92 Å². The summed E-state index contributed by atoms with van der Waals surface area (Å²) in [4.78, 5) is 22.0. The number of ketones is 1. The first-order chi connectivity index (χ1) is 6.78. The molecule has 0 radical (unpaired) electrons. The molecule has 1 amide bonds. The lowest BCUT2D eigenvalue weighted by molar-refractivity contribution is -0.117. The molecule has 2 unspecified atom stereocenters. The van der Waals surface area contributed by atoms with Gasteiger partial charge < -0.3 is 4.74 Å². The topological polar surface area (TPSA) is 89.5 Å². The maximum Gasteiger partial charge on any atom is 0.421 e. The summed E-state index contributed by atoms with van der Waals surface area (Å²) >= 11 is 0. The molecule has 1 fully saturated rings. The summed E-state index contributed by atoms with van der Waals surface area (Å²) in [5.41, 5.74) is 0. The maximum atomic E-state index is 11.0. The maximum absolute atomic E-state index is 11.0. The van der Waals surface area contributed by atoms with Crippen LogP contribution in [0.25, 0.3) is 0 Å². The molecule has 6 nitrogen and oxygen atoms in total. The van der Waals surface area contributed by atoms with Crippen LogP contribution in [-0.4, -0.2) is 32.7 Å². The summed E-state index contributed by atoms with van der Waals surface area (Å²) in [6.07, 6.45) is -0.143. The number of carbonyl (C=O) groups excluding carboxylic acids is 2. The van der Waals surface area contributed by atoms with Crippen molar-refractivity contribution < 1.29 is 22.7 Å². The fraction of sp³-hybridized carbons (Fsp3) is 0.750. The molecule has 0 aromatic heterocycles. The first kappa shape index (κ1) is 12.0. The van der Waals surface area contributed by atoms with E-state index in [1.807, 2.05) is 0 Å². The van der Waals surface area contributed by atoms with Crippen LogP contribution in [0, 0.1) is 5.92 Å². The largest absolute Gasteiger partial charge is 0.445 e. The van der Waals surface area contributed by atoms with Crippen molar-refractivity contribution >= 4 is 21.9 Å². The van der Waals surface area contributed by atoms with Gasteiger partial charge >= 0.3 is 6.09 Å². The van der Waals surface area contributed by atoms with Crippen molar-refractivity contribution in [3.8, 4) is 0 Å². The molecule has 0 aliphatic heterocycles. The zero-order valence-corrected chi connectivity index (χ0v) is 9.33. The van der Waals surface area contributed by atoms with Crippen molar-refractivity contribution in [2.75, 3.05) is 6.26 Å². The van der Waals surface area contributed by atoms with Crippen molar-refractivity contribution in [3.05, 3.63) is 0 Å². The Morgan fingerprint density at radius 3 is 2.47 bits per heavy atom. The van der Waals surface area contributed by atoms with E-state index < -0.39 is 22.2 Å². The van der Waals surface area contributed by atoms with Gasteiger partial charge in [0.1, 0.15) is 11.9 Å². The van der Waals surface area contributed by atoms with E-state index in [1.54, 1.807) is 11.6 Å². The van der Waals surface area contributed by atoms with Crippen molar-refractivity contribution in [3.63, 3.8) is 0 Å². The molecule has 0 saturated heterocycles. The SMILES string of the molecule is CC1CC(=O)CC1OC(=O)NS(C)(=O)=O. The Hall–Kier alpha value is -1.11. The number of hydrogen-bond acceptors (Lipinski definition) is 5. The molecular weight excluding hydrogens is 222 g/mol. The number of sulfonamides is 1. The Morgan fingerprint density at radius 1 is 1.47 bits per heavy atom. The monoisotopic (exact) mass is 235 g/mol. The molecule has 7 heteroatoms. The molecule has 0 aromatic carbocycles. The van der Waals surface area contributed by atoms with Gasteiger partial charge in [0.15, 0.2) is 0 Å². The van der Waals surface area contributed by atoms with Gasteiger partial charge in [-0.15, -0.1) is 0 Å². The second-order valence-electron chi connectivity index (χ2n) is 3.74. The number of Topliss-reactive ketones (excluding diaryl/α,β-unsaturated/α-hetero) is 1. The second-order valence-corrected chi connectivity index (χ2v) is 5.49. The third-order valence-electron chi connectivity index (χ3n) is 2.14. The molecule has 0 spiro atoms. The molecule has 1 aliphatic rings. The predicted molar refractivity (Wildman–Crippen MR) is 51.7 cm³/mol. The van der Waals surface area contributed by atoms with Gasteiger partial charge in [0.2, 0.25) is 10.0 Å². The average molecular weight is 235 g/mol. The molecule has 2 atom stereocenters. The lowest BCUT2D eigenvalue weighted by Crippen LogP contribution is -2.33. The molecular formula is C8H13NO5S. The standard InChI is InChI=1S/C8H13NO5S/c1-5-3-6(10)4-7(5)14-8(11)9-15(2,12)13/h5,7H,3-4H2,1-2H3,(H,9,11). The van der Waals surface area contributed by atoms with E-state index in [0.717, 1.165) is 6.26 Å². The number of hydrogen-bond donors (Lipinski definition) is 1. The predicted octanol–water partition coefficient (Wildman–Crippen LogP) is 0.0398. The van der Waals surface area contributed by atoms with Crippen LogP contribution >= 0.6 is 0 Å². The second kappa shape index (κ2) is 4.18. The number of carbonyl (C=O) groups is 2. The van der Waals surface area contributed by atoms with Crippen molar-refractivity contribution in [1.82, 2.24) is 4.72 Å². The van der Waals surface area contributed by atoms with Crippen LogP contribution < -0.4 is 4.72 Å². The van der Waals surface area contributed by atoms with Gasteiger partial charge in [0.25, 0.3) is 0 Å². The van der Waals surface area contributed by atoms with Crippen LogP contribution in [0.4, 0.5) is 4.79 Å². The van der Waals surface area contributed by atoms with E-state index in [2.05, 4.69) is 0 Å². The van der Waals surface area contributed by atoms with Gasteiger partial charge in [0.05, 0.1) is 6.26 Å². The highest BCUT2D eigenvalue weighted by molar-refractivity contribution is 7.89. The lowest BCUT2D eigenvalue weighted by Gasteiger charge is -2.15. The van der Waals surface area contributed by atoms with Gasteiger partial charge in [-0.3, -0.25) is 4.79 Å². The van der Waals surface area contributed by atoms with E-state index in [9.17, 15) is 18.0 Å². The summed E-state index contributed by atoms with van der Waals surface area (Å²) in [6.45, 7) is 1.78. The van der Waals surface area contributed by atoms with Gasteiger partial charge in [0, 0.05) is 18.8 Å².